The Morgan fingerprint density at radius 2 is 1.62 bits per heavy atom. The molecule has 21 heavy (non-hydrogen) atoms. The first kappa shape index (κ1) is 11.8. The van der Waals surface area contributed by atoms with Crippen molar-refractivity contribution in [1.29, 1.82) is 0 Å². The second-order valence-electron chi connectivity index (χ2n) is 5.30. The van der Waals surface area contributed by atoms with Gasteiger partial charge in [-0.2, -0.15) is 0 Å². The van der Waals surface area contributed by atoms with Gasteiger partial charge in [-0.1, -0.05) is 36.4 Å². The Kier molecular flexibility index (Phi) is 2.29. The van der Waals surface area contributed by atoms with Crippen molar-refractivity contribution < 1.29 is 0 Å². The molecule has 0 spiro atoms. The summed E-state index contributed by atoms with van der Waals surface area (Å²) in [6.45, 7) is 3.26. The summed E-state index contributed by atoms with van der Waals surface area (Å²) < 4.78 is 6.76. The zero-order valence-corrected chi connectivity index (χ0v) is 13.2. The van der Waals surface area contributed by atoms with Crippen LogP contribution in [-0.2, 0) is 6.54 Å². The third-order valence-electron chi connectivity index (χ3n) is 4.22. The first-order chi connectivity index (χ1) is 10.4. The van der Waals surface area contributed by atoms with E-state index in [1.807, 2.05) is 22.7 Å². The lowest BCUT2D eigenvalue weighted by Crippen LogP contribution is -1.90. The van der Waals surface area contributed by atoms with Gasteiger partial charge in [-0.05, 0) is 19.1 Å². The van der Waals surface area contributed by atoms with Gasteiger partial charge in [-0.25, -0.2) is 0 Å². The van der Waals surface area contributed by atoms with Crippen LogP contribution in [0.2, 0.25) is 0 Å². The van der Waals surface area contributed by atoms with Gasteiger partial charge >= 0.3 is 0 Å². The van der Waals surface area contributed by atoms with Gasteiger partial charge in [0.15, 0.2) is 0 Å². The van der Waals surface area contributed by atoms with Crippen molar-refractivity contribution in [3.05, 3.63) is 48.5 Å². The van der Waals surface area contributed by atoms with E-state index in [2.05, 4.69) is 60.0 Å². The van der Waals surface area contributed by atoms with Crippen LogP contribution in [0.25, 0.3) is 40.6 Å². The van der Waals surface area contributed by atoms with Crippen molar-refractivity contribution in [3.63, 3.8) is 0 Å². The average molecular weight is 307 g/mol. The largest absolute Gasteiger partial charge is 0.332 e. The fraction of sp³-hybridized carbons (Fsp3) is 0.111. The molecular weight excluding hydrogens is 294 g/mol. The van der Waals surface area contributed by atoms with Crippen LogP contribution in [0, 0.1) is 0 Å². The molecule has 3 heterocycles. The molecule has 0 aliphatic carbocycles. The quantitative estimate of drug-likeness (QED) is 0.345. The summed E-state index contributed by atoms with van der Waals surface area (Å²) in [5.74, 6) is 0. The van der Waals surface area contributed by atoms with E-state index in [1.54, 1.807) is 0 Å². The molecule has 3 heteroatoms. The molecule has 0 fully saturated rings. The molecule has 5 aromatic rings. The molecule has 0 atom stereocenters. The van der Waals surface area contributed by atoms with Crippen molar-refractivity contribution >= 4 is 63.3 Å². The predicted octanol–water partition coefficient (Wildman–Crippen LogP) is 6.24. The standard InChI is InChI=1S/C18H13NS2/c1-2-19-13-9-5-3-7-11(13)15-17-16(21-18(15)19)12-8-4-6-10-14(12)20-17/h3-10H,2H2,1H3. The molecule has 0 radical (unpaired) electrons. The fourth-order valence-corrected chi connectivity index (χ4v) is 6.17. The topological polar surface area (TPSA) is 4.93 Å². The second-order valence-corrected chi connectivity index (χ2v) is 7.35. The highest BCUT2D eigenvalue weighted by atomic mass is 32.1. The van der Waals surface area contributed by atoms with Crippen molar-refractivity contribution in [2.24, 2.45) is 0 Å². The van der Waals surface area contributed by atoms with Gasteiger partial charge in [-0.3, -0.25) is 0 Å². The third-order valence-corrected chi connectivity index (χ3v) is 6.78. The number of thiophene rings is 2. The van der Waals surface area contributed by atoms with Gasteiger partial charge in [0.25, 0.3) is 0 Å². The fourth-order valence-electron chi connectivity index (χ4n) is 3.30. The molecule has 0 amide bonds. The highest BCUT2D eigenvalue weighted by molar-refractivity contribution is 7.36. The smallest absolute Gasteiger partial charge is 0.105 e. The normalized spacial score (nSPS) is 12.2. The van der Waals surface area contributed by atoms with E-state index in [4.69, 9.17) is 0 Å². The SMILES string of the molecule is CCn1c2ccccc2c2c3sc4ccccc4c3sc21. The number of rotatable bonds is 1. The van der Waals surface area contributed by atoms with Crippen LogP contribution in [0.1, 0.15) is 6.92 Å². The number of fused-ring (bicyclic) bond motifs is 7. The molecule has 0 aliphatic rings. The van der Waals surface area contributed by atoms with Crippen molar-refractivity contribution in [2.45, 2.75) is 13.5 Å². The molecule has 3 aromatic heterocycles. The Morgan fingerprint density at radius 3 is 2.48 bits per heavy atom. The number of aromatic nitrogens is 1. The number of para-hydroxylation sites is 1. The number of hydrogen-bond acceptors (Lipinski definition) is 2. The summed E-state index contributed by atoms with van der Waals surface area (Å²) in [4.78, 5) is 1.42. The zero-order valence-electron chi connectivity index (χ0n) is 11.6. The first-order valence-corrected chi connectivity index (χ1v) is 8.82. The minimum absolute atomic E-state index is 1.02. The minimum Gasteiger partial charge on any atom is -0.332 e. The molecule has 0 unspecified atom stereocenters. The summed E-state index contributed by atoms with van der Waals surface area (Å²) in [6.07, 6.45) is 0. The van der Waals surface area contributed by atoms with Crippen LogP contribution in [0.15, 0.2) is 48.5 Å². The van der Waals surface area contributed by atoms with Crippen molar-refractivity contribution in [2.75, 3.05) is 0 Å². The lowest BCUT2D eigenvalue weighted by molar-refractivity contribution is 0.832. The summed E-state index contributed by atoms with van der Waals surface area (Å²) in [5.41, 5.74) is 1.36. The highest BCUT2D eigenvalue weighted by Gasteiger charge is 2.18. The molecule has 5 rings (SSSR count). The van der Waals surface area contributed by atoms with Crippen LogP contribution in [0.5, 0.6) is 0 Å². The Hall–Kier alpha value is -1.84. The van der Waals surface area contributed by atoms with Gasteiger partial charge in [0.1, 0.15) is 4.83 Å². The van der Waals surface area contributed by atoms with Crippen LogP contribution in [0.4, 0.5) is 0 Å². The van der Waals surface area contributed by atoms with Gasteiger partial charge in [0.2, 0.25) is 0 Å². The van der Waals surface area contributed by atoms with Gasteiger partial charge in [0, 0.05) is 32.9 Å². The van der Waals surface area contributed by atoms with E-state index in [1.165, 1.54) is 40.6 Å². The van der Waals surface area contributed by atoms with E-state index in [9.17, 15) is 0 Å². The van der Waals surface area contributed by atoms with Crippen LogP contribution >= 0.6 is 22.7 Å². The zero-order chi connectivity index (χ0) is 14.0. The minimum atomic E-state index is 1.02. The predicted molar refractivity (Wildman–Crippen MR) is 95.9 cm³/mol. The van der Waals surface area contributed by atoms with Gasteiger partial charge in [-0.15, -0.1) is 22.7 Å². The molecular formula is C18H13NS2. The number of hydrogen-bond donors (Lipinski definition) is 0. The van der Waals surface area contributed by atoms with Crippen LogP contribution in [-0.4, -0.2) is 4.57 Å². The van der Waals surface area contributed by atoms with Crippen LogP contribution in [0.3, 0.4) is 0 Å². The maximum Gasteiger partial charge on any atom is 0.105 e. The number of aryl methyl sites for hydroxylation is 1. The average Bonchev–Trinajstić information content (AvgIpc) is 3.13. The van der Waals surface area contributed by atoms with E-state index in [0.29, 0.717) is 0 Å². The maximum absolute atomic E-state index is 2.46. The first-order valence-electron chi connectivity index (χ1n) is 7.19. The summed E-state index contributed by atoms with van der Waals surface area (Å²) in [7, 11) is 0. The van der Waals surface area contributed by atoms with Crippen molar-refractivity contribution in [3.8, 4) is 0 Å². The maximum atomic E-state index is 2.46. The Labute approximate surface area is 130 Å². The molecule has 1 nitrogen and oxygen atoms in total. The monoisotopic (exact) mass is 307 g/mol. The van der Waals surface area contributed by atoms with Crippen molar-refractivity contribution in [1.82, 2.24) is 4.57 Å². The van der Waals surface area contributed by atoms with Gasteiger partial charge < -0.3 is 4.57 Å². The lowest BCUT2D eigenvalue weighted by atomic mass is 10.2. The molecule has 102 valence electrons. The Bertz CT molecular complexity index is 1120. The third kappa shape index (κ3) is 1.40. The second kappa shape index (κ2) is 4.09. The van der Waals surface area contributed by atoms with E-state index < -0.39 is 0 Å². The molecule has 0 aliphatic heterocycles. The van der Waals surface area contributed by atoms with E-state index in [0.717, 1.165) is 6.54 Å². The summed E-state index contributed by atoms with van der Waals surface area (Å²) in [6, 6.07) is 17.6. The summed E-state index contributed by atoms with van der Waals surface area (Å²) >= 11 is 3.88. The van der Waals surface area contributed by atoms with Gasteiger partial charge in [0.05, 0.1) is 9.40 Å². The Morgan fingerprint density at radius 1 is 0.857 bits per heavy atom. The molecule has 0 N–H and O–H groups in total. The highest BCUT2D eigenvalue weighted by Crippen LogP contribution is 2.47. The summed E-state index contributed by atoms with van der Waals surface area (Å²) in [5, 5.41) is 4.26. The van der Waals surface area contributed by atoms with E-state index >= 15 is 0 Å². The van der Waals surface area contributed by atoms with E-state index in [-0.39, 0.29) is 0 Å². The lowest BCUT2D eigenvalue weighted by Gasteiger charge is -2.00. The Balaban J connectivity index is 2.11. The molecule has 0 saturated carbocycles. The van der Waals surface area contributed by atoms with Crippen LogP contribution < -0.4 is 0 Å². The molecule has 2 aromatic carbocycles. The molecule has 0 saturated heterocycles. The number of nitrogens with zero attached hydrogens (tertiary/aromatic N) is 1. The number of benzene rings is 2. The molecule has 0 bridgehead atoms.